The second kappa shape index (κ2) is 8.18. The van der Waals surface area contributed by atoms with E-state index in [0.29, 0.717) is 30.9 Å². The molecule has 1 aliphatic heterocycles. The van der Waals surface area contributed by atoms with Crippen LogP contribution in [0, 0.1) is 0 Å². The van der Waals surface area contributed by atoms with Crippen molar-refractivity contribution >= 4 is 32.7 Å². The van der Waals surface area contributed by atoms with Crippen LogP contribution >= 0.6 is 0 Å². The Labute approximate surface area is 185 Å². The second-order valence-corrected chi connectivity index (χ2v) is 9.47. The van der Waals surface area contributed by atoms with Gasteiger partial charge < -0.3 is 5.32 Å². The molecule has 1 fully saturated rings. The molecule has 1 atom stereocenters. The Bertz CT molecular complexity index is 1370. The van der Waals surface area contributed by atoms with Crippen molar-refractivity contribution in [2.45, 2.75) is 23.8 Å². The minimum atomic E-state index is -3.74. The first kappa shape index (κ1) is 20.3. The third-order valence-corrected chi connectivity index (χ3v) is 7.49. The fourth-order valence-corrected chi connectivity index (χ4v) is 5.67. The largest absolute Gasteiger partial charge is 0.323 e. The highest BCUT2D eigenvalue weighted by molar-refractivity contribution is 7.89. The molecular formula is C23H21N5O3S. The van der Waals surface area contributed by atoms with Gasteiger partial charge in [-0.05, 0) is 49.2 Å². The third-order valence-electron chi connectivity index (χ3n) is 5.57. The van der Waals surface area contributed by atoms with Gasteiger partial charge in [0.15, 0.2) is 0 Å². The van der Waals surface area contributed by atoms with Gasteiger partial charge in [0.1, 0.15) is 18.2 Å². The van der Waals surface area contributed by atoms with Crippen LogP contribution in [-0.2, 0) is 14.8 Å². The van der Waals surface area contributed by atoms with Crippen LogP contribution in [0.5, 0.6) is 0 Å². The lowest BCUT2D eigenvalue weighted by Gasteiger charge is -2.23. The Morgan fingerprint density at radius 2 is 1.75 bits per heavy atom. The number of pyridine rings is 1. The molecule has 0 spiro atoms. The lowest BCUT2D eigenvalue weighted by molar-refractivity contribution is -0.119. The number of nitrogens with one attached hydrogen (secondary N) is 1. The summed E-state index contributed by atoms with van der Waals surface area (Å²) in [6, 6.07) is 18.7. The van der Waals surface area contributed by atoms with Gasteiger partial charge in [-0.15, -0.1) is 0 Å². The highest BCUT2D eigenvalue weighted by Gasteiger charge is 2.39. The summed E-state index contributed by atoms with van der Waals surface area (Å²) in [4.78, 5) is 21.9. The molecule has 4 aromatic rings. The number of nitrogens with zero attached hydrogens (tertiary/aromatic N) is 4. The Morgan fingerprint density at radius 3 is 2.53 bits per heavy atom. The van der Waals surface area contributed by atoms with Crippen LogP contribution in [0.15, 0.2) is 84.1 Å². The van der Waals surface area contributed by atoms with E-state index in [2.05, 4.69) is 15.3 Å². The molecule has 0 radical (unpaired) electrons. The van der Waals surface area contributed by atoms with E-state index in [9.17, 15) is 13.2 Å². The zero-order valence-electron chi connectivity index (χ0n) is 17.1. The van der Waals surface area contributed by atoms with Crippen LogP contribution in [0.2, 0.25) is 0 Å². The van der Waals surface area contributed by atoms with Gasteiger partial charge in [-0.25, -0.2) is 18.4 Å². The molecule has 1 N–H and O–H groups in total. The molecular weight excluding hydrogens is 426 g/mol. The van der Waals surface area contributed by atoms with E-state index in [1.807, 2.05) is 28.8 Å². The lowest BCUT2D eigenvalue weighted by atomic mass is 10.2. The maximum Gasteiger partial charge on any atom is 0.243 e. The molecule has 9 heteroatoms. The van der Waals surface area contributed by atoms with Crippen molar-refractivity contribution in [1.29, 1.82) is 0 Å². The molecule has 2 aromatic carbocycles. The average molecular weight is 448 g/mol. The molecule has 162 valence electrons. The van der Waals surface area contributed by atoms with Crippen molar-refractivity contribution in [2.24, 2.45) is 0 Å². The van der Waals surface area contributed by atoms with Crippen LogP contribution in [0.25, 0.3) is 16.9 Å². The van der Waals surface area contributed by atoms with Crippen molar-refractivity contribution in [3.63, 3.8) is 0 Å². The number of hydrogen-bond donors (Lipinski definition) is 1. The number of aromatic nitrogens is 3. The molecule has 32 heavy (non-hydrogen) atoms. The highest BCUT2D eigenvalue weighted by Crippen LogP contribution is 2.27. The minimum absolute atomic E-state index is 0.193. The summed E-state index contributed by atoms with van der Waals surface area (Å²) in [5.41, 5.74) is 2.31. The van der Waals surface area contributed by atoms with Crippen LogP contribution in [0.1, 0.15) is 12.8 Å². The van der Waals surface area contributed by atoms with Crippen molar-refractivity contribution in [3.8, 4) is 5.82 Å². The third kappa shape index (κ3) is 3.65. The fourth-order valence-electron chi connectivity index (χ4n) is 3.99. The molecule has 0 bridgehead atoms. The maximum absolute atomic E-state index is 13.0. The Morgan fingerprint density at radius 1 is 0.969 bits per heavy atom. The molecule has 8 nitrogen and oxygen atoms in total. The number of sulfonamides is 1. The number of fused-ring (bicyclic) bond motifs is 1. The van der Waals surface area contributed by atoms with Gasteiger partial charge >= 0.3 is 0 Å². The van der Waals surface area contributed by atoms with Gasteiger partial charge in [0.05, 0.1) is 27.8 Å². The molecule has 3 heterocycles. The molecule has 2 aromatic heterocycles. The van der Waals surface area contributed by atoms with E-state index in [4.69, 9.17) is 0 Å². The number of imidazole rings is 1. The Kier molecular flexibility index (Phi) is 5.20. The maximum atomic E-state index is 13.0. The van der Waals surface area contributed by atoms with Crippen LogP contribution in [-0.4, -0.2) is 45.8 Å². The van der Waals surface area contributed by atoms with Gasteiger partial charge in [0.25, 0.3) is 0 Å². The summed E-state index contributed by atoms with van der Waals surface area (Å²) in [5.74, 6) is 0.315. The van der Waals surface area contributed by atoms with Crippen molar-refractivity contribution in [3.05, 3.63) is 79.3 Å². The zero-order chi connectivity index (χ0) is 22.1. The van der Waals surface area contributed by atoms with Crippen LogP contribution in [0.4, 0.5) is 5.69 Å². The summed E-state index contributed by atoms with van der Waals surface area (Å²) in [7, 11) is -3.74. The van der Waals surface area contributed by atoms with Crippen molar-refractivity contribution < 1.29 is 13.2 Å². The first-order valence-electron chi connectivity index (χ1n) is 10.3. The van der Waals surface area contributed by atoms with E-state index in [1.165, 1.54) is 4.31 Å². The monoisotopic (exact) mass is 447 g/mol. The number of benzene rings is 2. The number of anilines is 1. The molecule has 5 rings (SSSR count). The first-order valence-corrected chi connectivity index (χ1v) is 11.7. The van der Waals surface area contributed by atoms with E-state index >= 15 is 0 Å². The Hall–Kier alpha value is -3.56. The summed E-state index contributed by atoms with van der Waals surface area (Å²) < 4.78 is 29.2. The van der Waals surface area contributed by atoms with E-state index in [1.54, 1.807) is 55.0 Å². The smallest absolute Gasteiger partial charge is 0.243 e. The van der Waals surface area contributed by atoms with Crippen molar-refractivity contribution in [1.82, 2.24) is 18.8 Å². The SMILES string of the molecule is O=C(Nc1ccc(-n2cnc3ccccc32)nc1)C1CCCN1S(=O)(=O)c1ccccc1. The molecule has 1 saturated heterocycles. The number of para-hydroxylation sites is 2. The number of hydrogen-bond acceptors (Lipinski definition) is 5. The number of amides is 1. The predicted octanol–water partition coefficient (Wildman–Crippen LogP) is 3.21. The number of carbonyl (C=O) groups is 1. The normalized spacial score (nSPS) is 16.9. The summed E-state index contributed by atoms with van der Waals surface area (Å²) in [6.45, 7) is 0.320. The van der Waals surface area contributed by atoms with E-state index in [-0.39, 0.29) is 10.8 Å². The number of rotatable bonds is 5. The molecule has 0 saturated carbocycles. The molecule has 0 aliphatic carbocycles. The highest BCUT2D eigenvalue weighted by atomic mass is 32.2. The van der Waals surface area contributed by atoms with E-state index in [0.717, 1.165) is 11.0 Å². The summed E-state index contributed by atoms with van der Waals surface area (Å²) >= 11 is 0. The van der Waals surface area contributed by atoms with Gasteiger partial charge in [0, 0.05) is 6.54 Å². The predicted molar refractivity (Wildman–Crippen MR) is 121 cm³/mol. The molecule has 1 unspecified atom stereocenters. The van der Waals surface area contributed by atoms with Crippen LogP contribution in [0.3, 0.4) is 0 Å². The van der Waals surface area contributed by atoms with Gasteiger partial charge in [-0.3, -0.25) is 9.36 Å². The van der Waals surface area contributed by atoms with Gasteiger partial charge in [-0.1, -0.05) is 30.3 Å². The summed E-state index contributed by atoms with van der Waals surface area (Å²) in [6.07, 6.45) is 4.38. The fraction of sp³-hybridized carbons (Fsp3) is 0.174. The molecule has 1 aliphatic rings. The zero-order valence-corrected chi connectivity index (χ0v) is 17.9. The van der Waals surface area contributed by atoms with Gasteiger partial charge in [-0.2, -0.15) is 4.31 Å². The van der Waals surface area contributed by atoms with E-state index < -0.39 is 16.1 Å². The second-order valence-electron chi connectivity index (χ2n) is 7.58. The first-order chi connectivity index (χ1) is 15.5. The lowest BCUT2D eigenvalue weighted by Crippen LogP contribution is -2.43. The quantitative estimate of drug-likeness (QED) is 0.507. The van der Waals surface area contributed by atoms with Crippen molar-refractivity contribution in [2.75, 3.05) is 11.9 Å². The van der Waals surface area contributed by atoms with Gasteiger partial charge in [0.2, 0.25) is 15.9 Å². The van der Waals surface area contributed by atoms with Crippen LogP contribution < -0.4 is 5.32 Å². The average Bonchev–Trinajstić information content (AvgIpc) is 3.48. The molecule has 1 amide bonds. The Balaban J connectivity index is 1.33. The topological polar surface area (TPSA) is 97.2 Å². The minimum Gasteiger partial charge on any atom is -0.323 e. The number of carbonyl (C=O) groups excluding carboxylic acids is 1. The standard InChI is InChI=1S/C23H21N5O3S/c29-23(21-11-6-14-28(21)32(30,31)18-7-2-1-3-8-18)26-17-12-13-22(24-15-17)27-16-25-19-9-4-5-10-20(19)27/h1-5,7-10,12-13,15-16,21H,6,11,14H2,(H,26,29). The summed E-state index contributed by atoms with van der Waals surface area (Å²) in [5, 5.41) is 2.81.